The molecular weight excluding hydrogens is 202 g/mol. The summed E-state index contributed by atoms with van der Waals surface area (Å²) in [5.74, 6) is -1.13. The molecule has 0 aliphatic carbocycles. The fraction of sp³-hybridized carbons (Fsp3) is 0.111. The number of aliphatic carboxylic acids is 1. The molecule has 74 valence electrons. The molecule has 4 nitrogen and oxygen atoms in total. The van der Waals surface area contributed by atoms with Gasteiger partial charge in [0, 0.05) is 5.56 Å². The van der Waals surface area contributed by atoms with E-state index in [4.69, 9.17) is 10.8 Å². The molecular formula is C9H9NO3S. The maximum atomic E-state index is 10.9. The van der Waals surface area contributed by atoms with Crippen molar-refractivity contribution in [1.29, 1.82) is 0 Å². The molecule has 0 amide bonds. The number of carbonyl (C=O) groups excluding carboxylic acids is 1. The second-order valence-corrected chi connectivity index (χ2v) is 3.15. The fourth-order valence-corrected chi connectivity index (χ4v) is 1.15. The van der Waals surface area contributed by atoms with Crippen molar-refractivity contribution in [3.05, 3.63) is 35.4 Å². The standard InChI is InChI=1S/C9H9NO3S/c10-7(8(11)12)5-2-1-3-6(4-5)9(13)14/h1-4,7H,10H2,(H,11,12)(H,13,14). The molecule has 1 atom stereocenters. The van der Waals surface area contributed by atoms with Gasteiger partial charge in [-0.1, -0.05) is 18.2 Å². The lowest BCUT2D eigenvalue weighted by atomic mass is 10.1. The number of nitrogens with two attached hydrogens (primary N) is 1. The van der Waals surface area contributed by atoms with Crippen LogP contribution < -0.4 is 5.73 Å². The van der Waals surface area contributed by atoms with Gasteiger partial charge in [0.2, 0.25) is 5.12 Å². The highest BCUT2D eigenvalue weighted by atomic mass is 32.1. The Labute approximate surface area is 86.1 Å². The molecule has 5 heteroatoms. The Morgan fingerprint density at radius 3 is 2.57 bits per heavy atom. The second kappa shape index (κ2) is 4.26. The van der Waals surface area contributed by atoms with Crippen LogP contribution in [0.25, 0.3) is 0 Å². The highest BCUT2D eigenvalue weighted by molar-refractivity contribution is 7.97. The topological polar surface area (TPSA) is 80.4 Å². The summed E-state index contributed by atoms with van der Waals surface area (Å²) >= 11 is 3.63. The summed E-state index contributed by atoms with van der Waals surface area (Å²) in [4.78, 5) is 21.4. The minimum Gasteiger partial charge on any atom is -0.480 e. The average molecular weight is 211 g/mol. The van der Waals surface area contributed by atoms with Crippen LogP contribution in [0.5, 0.6) is 0 Å². The summed E-state index contributed by atoms with van der Waals surface area (Å²) in [6.07, 6.45) is 0. The Bertz CT molecular complexity index is 378. The zero-order chi connectivity index (χ0) is 10.7. The highest BCUT2D eigenvalue weighted by Crippen LogP contribution is 2.13. The first kappa shape index (κ1) is 10.7. The summed E-state index contributed by atoms with van der Waals surface area (Å²) in [5.41, 5.74) is 6.09. The third-order valence-electron chi connectivity index (χ3n) is 1.76. The van der Waals surface area contributed by atoms with E-state index in [0.717, 1.165) is 0 Å². The van der Waals surface area contributed by atoms with Crippen molar-refractivity contribution >= 4 is 23.7 Å². The largest absolute Gasteiger partial charge is 0.480 e. The number of benzene rings is 1. The number of hydrogen-bond acceptors (Lipinski definition) is 3. The van der Waals surface area contributed by atoms with Gasteiger partial charge in [-0.15, -0.1) is 12.6 Å². The fourth-order valence-electron chi connectivity index (χ4n) is 1.01. The first-order chi connectivity index (χ1) is 6.52. The van der Waals surface area contributed by atoms with E-state index in [1.807, 2.05) is 0 Å². The van der Waals surface area contributed by atoms with Crippen LogP contribution in [0.1, 0.15) is 22.0 Å². The van der Waals surface area contributed by atoms with Crippen LogP contribution in [0.15, 0.2) is 24.3 Å². The molecule has 1 aromatic carbocycles. The first-order valence-electron chi connectivity index (χ1n) is 3.84. The summed E-state index contributed by atoms with van der Waals surface area (Å²) in [6, 6.07) is 4.99. The molecule has 0 spiro atoms. The zero-order valence-electron chi connectivity index (χ0n) is 7.18. The molecule has 0 aromatic heterocycles. The van der Waals surface area contributed by atoms with Crippen molar-refractivity contribution in [2.75, 3.05) is 0 Å². The van der Waals surface area contributed by atoms with Gasteiger partial charge in [-0.25, -0.2) is 0 Å². The van der Waals surface area contributed by atoms with Crippen molar-refractivity contribution in [3.63, 3.8) is 0 Å². The lowest BCUT2D eigenvalue weighted by Crippen LogP contribution is -2.20. The average Bonchev–Trinajstić information content (AvgIpc) is 2.16. The van der Waals surface area contributed by atoms with Crippen LogP contribution in [0.4, 0.5) is 0 Å². The van der Waals surface area contributed by atoms with Gasteiger partial charge >= 0.3 is 5.97 Å². The van der Waals surface area contributed by atoms with Gasteiger partial charge in [0.1, 0.15) is 6.04 Å². The number of carboxylic acid groups (broad SMARTS) is 1. The molecule has 0 saturated heterocycles. The molecule has 0 radical (unpaired) electrons. The number of carbonyl (C=O) groups is 2. The van der Waals surface area contributed by atoms with Gasteiger partial charge in [0.05, 0.1) is 0 Å². The SMILES string of the molecule is NC(C(=O)O)c1cccc(C(=O)S)c1. The van der Waals surface area contributed by atoms with Crippen LogP contribution in [0.2, 0.25) is 0 Å². The normalized spacial score (nSPS) is 12.1. The quantitative estimate of drug-likeness (QED) is 0.647. The minimum absolute atomic E-state index is 0.336. The number of carboxylic acids is 1. The zero-order valence-corrected chi connectivity index (χ0v) is 8.07. The third-order valence-corrected chi connectivity index (χ3v) is 2.02. The summed E-state index contributed by atoms with van der Waals surface area (Å²) in [5, 5.41) is 8.22. The van der Waals surface area contributed by atoms with Crippen LogP contribution >= 0.6 is 12.6 Å². The Hall–Kier alpha value is -1.33. The summed E-state index contributed by atoms with van der Waals surface area (Å²) < 4.78 is 0. The molecule has 1 unspecified atom stereocenters. The lowest BCUT2D eigenvalue weighted by molar-refractivity contribution is -0.138. The summed E-state index contributed by atoms with van der Waals surface area (Å²) in [6.45, 7) is 0. The van der Waals surface area contributed by atoms with Crippen molar-refractivity contribution < 1.29 is 14.7 Å². The Kier molecular flexibility index (Phi) is 3.27. The van der Waals surface area contributed by atoms with Crippen molar-refractivity contribution in [1.82, 2.24) is 0 Å². The monoisotopic (exact) mass is 211 g/mol. The third kappa shape index (κ3) is 2.34. The Balaban J connectivity index is 3.05. The first-order valence-corrected chi connectivity index (χ1v) is 4.28. The Morgan fingerprint density at radius 1 is 1.43 bits per heavy atom. The lowest BCUT2D eigenvalue weighted by Gasteiger charge is -2.06. The predicted octanol–water partition coefficient (Wildman–Crippen LogP) is 0.841. The minimum atomic E-state index is -1.13. The van der Waals surface area contributed by atoms with Gasteiger partial charge in [-0.2, -0.15) is 0 Å². The molecule has 0 fully saturated rings. The van der Waals surface area contributed by atoms with Gasteiger partial charge in [0.25, 0.3) is 0 Å². The number of thiol groups is 1. The van der Waals surface area contributed by atoms with E-state index in [1.165, 1.54) is 6.07 Å². The molecule has 1 aromatic rings. The second-order valence-electron chi connectivity index (χ2n) is 2.75. The Morgan fingerprint density at radius 2 is 2.07 bits per heavy atom. The maximum Gasteiger partial charge on any atom is 0.325 e. The van der Waals surface area contributed by atoms with E-state index in [-0.39, 0.29) is 0 Å². The molecule has 0 aliphatic rings. The van der Waals surface area contributed by atoms with E-state index in [1.54, 1.807) is 18.2 Å². The summed E-state index contributed by atoms with van der Waals surface area (Å²) in [7, 11) is 0. The smallest absolute Gasteiger partial charge is 0.325 e. The molecule has 0 bridgehead atoms. The van der Waals surface area contributed by atoms with Gasteiger partial charge in [-0.05, 0) is 11.6 Å². The van der Waals surface area contributed by atoms with E-state index in [0.29, 0.717) is 11.1 Å². The van der Waals surface area contributed by atoms with Crippen LogP contribution in [0, 0.1) is 0 Å². The maximum absolute atomic E-state index is 10.9. The van der Waals surface area contributed by atoms with Crippen molar-refractivity contribution in [3.8, 4) is 0 Å². The highest BCUT2D eigenvalue weighted by Gasteiger charge is 2.14. The molecule has 14 heavy (non-hydrogen) atoms. The molecule has 0 aliphatic heterocycles. The van der Waals surface area contributed by atoms with Crippen LogP contribution in [-0.4, -0.2) is 16.2 Å². The molecule has 0 heterocycles. The van der Waals surface area contributed by atoms with Crippen LogP contribution in [-0.2, 0) is 4.79 Å². The number of hydrogen-bond donors (Lipinski definition) is 3. The van der Waals surface area contributed by atoms with E-state index < -0.39 is 17.1 Å². The van der Waals surface area contributed by atoms with Crippen LogP contribution in [0.3, 0.4) is 0 Å². The van der Waals surface area contributed by atoms with E-state index >= 15 is 0 Å². The van der Waals surface area contributed by atoms with E-state index in [2.05, 4.69) is 12.6 Å². The van der Waals surface area contributed by atoms with Gasteiger partial charge in [-0.3, -0.25) is 9.59 Å². The predicted molar refractivity (Wildman–Crippen MR) is 54.3 cm³/mol. The molecule has 1 rings (SSSR count). The van der Waals surface area contributed by atoms with Gasteiger partial charge < -0.3 is 10.8 Å². The molecule has 0 saturated carbocycles. The van der Waals surface area contributed by atoms with Crippen molar-refractivity contribution in [2.45, 2.75) is 6.04 Å². The van der Waals surface area contributed by atoms with Gasteiger partial charge in [0.15, 0.2) is 0 Å². The number of rotatable bonds is 3. The molecule has 3 N–H and O–H groups in total. The van der Waals surface area contributed by atoms with Crippen molar-refractivity contribution in [2.24, 2.45) is 5.73 Å². The van der Waals surface area contributed by atoms with E-state index in [9.17, 15) is 9.59 Å².